The lowest BCUT2D eigenvalue weighted by Gasteiger charge is -2.54. The first-order valence-electron chi connectivity index (χ1n) is 8.00. The Hall–Kier alpha value is -0.640. The van der Waals surface area contributed by atoms with Gasteiger partial charge >= 0.3 is 0 Å². The first-order valence-corrected chi connectivity index (χ1v) is 8.41. The maximum Gasteiger partial charge on any atom is 0.226 e. The van der Waals surface area contributed by atoms with Gasteiger partial charge in [0.15, 0.2) is 0 Å². The number of nitrogens with two attached hydrogens (primary N) is 1. The third-order valence-corrected chi connectivity index (χ3v) is 6.18. The summed E-state index contributed by atoms with van der Waals surface area (Å²) in [7, 11) is 1.93. The molecule has 0 radical (unpaired) electrons. The minimum atomic E-state index is 0.122. The smallest absolute Gasteiger partial charge is 0.226 e. The summed E-state index contributed by atoms with van der Waals surface area (Å²) in [4.78, 5) is 15.3. The van der Waals surface area contributed by atoms with E-state index in [0.717, 1.165) is 11.8 Å². The van der Waals surface area contributed by atoms with Crippen molar-refractivity contribution >= 4 is 23.1 Å². The predicted molar refractivity (Wildman–Crippen MR) is 84.2 cm³/mol. The third kappa shape index (κ3) is 2.47. The third-order valence-electron chi connectivity index (χ3n) is 6.02. The van der Waals surface area contributed by atoms with Crippen LogP contribution in [0.25, 0.3) is 0 Å². The van der Waals surface area contributed by atoms with Gasteiger partial charge in [-0.1, -0.05) is 12.2 Å². The van der Waals surface area contributed by atoms with Crippen molar-refractivity contribution in [3.8, 4) is 0 Å². The van der Waals surface area contributed by atoms with Crippen LogP contribution in [0.2, 0.25) is 0 Å². The van der Waals surface area contributed by atoms with Gasteiger partial charge < -0.3 is 10.6 Å². The average molecular weight is 294 g/mol. The first kappa shape index (κ1) is 14.3. The highest BCUT2D eigenvalue weighted by atomic mass is 32.1. The number of hydrogen-bond donors (Lipinski definition) is 1. The van der Waals surface area contributed by atoms with Gasteiger partial charge in [-0.15, -0.1) is 0 Å². The second-order valence-electron chi connectivity index (χ2n) is 7.43. The standard InChI is InChI=1S/C16H26N2OS/c1-9(3-14(17)20)18(2)16(19)15-12-5-10-4-11(7-12)8-13(15)6-10/h9-13,15H,3-8H2,1-2H3,(H2,17,20). The summed E-state index contributed by atoms with van der Waals surface area (Å²) < 4.78 is 0. The van der Waals surface area contributed by atoms with E-state index >= 15 is 0 Å². The van der Waals surface area contributed by atoms with Gasteiger partial charge in [0.1, 0.15) is 0 Å². The normalized spacial score (nSPS) is 39.6. The molecule has 4 aliphatic rings. The van der Waals surface area contributed by atoms with Crippen LogP contribution >= 0.6 is 12.2 Å². The summed E-state index contributed by atoms with van der Waals surface area (Å²) in [5.74, 6) is 3.77. The number of carbonyl (C=O) groups is 1. The van der Waals surface area contributed by atoms with Crippen LogP contribution in [-0.4, -0.2) is 28.9 Å². The van der Waals surface area contributed by atoms with E-state index in [2.05, 4.69) is 0 Å². The van der Waals surface area contributed by atoms with E-state index in [1.54, 1.807) is 0 Å². The largest absolute Gasteiger partial charge is 0.393 e. The Morgan fingerprint density at radius 1 is 1.20 bits per heavy atom. The fourth-order valence-electron chi connectivity index (χ4n) is 5.21. The van der Waals surface area contributed by atoms with Crippen molar-refractivity contribution in [1.82, 2.24) is 4.90 Å². The van der Waals surface area contributed by atoms with Crippen molar-refractivity contribution in [3.05, 3.63) is 0 Å². The van der Waals surface area contributed by atoms with Crippen LogP contribution in [0, 0.1) is 29.6 Å². The van der Waals surface area contributed by atoms with E-state index in [4.69, 9.17) is 18.0 Å². The first-order chi connectivity index (χ1) is 9.45. The van der Waals surface area contributed by atoms with Crippen LogP contribution in [0.15, 0.2) is 0 Å². The molecule has 4 heteroatoms. The number of nitrogens with zero attached hydrogens (tertiary/aromatic N) is 1. The molecule has 2 N–H and O–H groups in total. The summed E-state index contributed by atoms with van der Waals surface area (Å²) >= 11 is 4.98. The topological polar surface area (TPSA) is 46.3 Å². The molecule has 4 fully saturated rings. The molecule has 20 heavy (non-hydrogen) atoms. The zero-order valence-electron chi connectivity index (χ0n) is 12.5. The Morgan fingerprint density at radius 3 is 2.15 bits per heavy atom. The average Bonchev–Trinajstić information content (AvgIpc) is 2.35. The Bertz CT molecular complexity index is 395. The summed E-state index contributed by atoms with van der Waals surface area (Å²) in [6.45, 7) is 2.05. The molecule has 1 unspecified atom stereocenters. The quantitative estimate of drug-likeness (QED) is 0.811. The monoisotopic (exact) mass is 294 g/mol. The maximum atomic E-state index is 12.9. The second kappa shape index (κ2) is 5.28. The lowest BCUT2D eigenvalue weighted by Crippen LogP contribution is -2.52. The highest BCUT2D eigenvalue weighted by Crippen LogP contribution is 2.56. The second-order valence-corrected chi connectivity index (χ2v) is 7.95. The van der Waals surface area contributed by atoms with Crippen molar-refractivity contribution in [2.45, 2.75) is 51.5 Å². The van der Waals surface area contributed by atoms with Gasteiger partial charge in [-0.05, 0) is 62.7 Å². The molecule has 4 rings (SSSR count). The minimum Gasteiger partial charge on any atom is -0.393 e. The van der Waals surface area contributed by atoms with Crippen LogP contribution in [0.3, 0.4) is 0 Å². The molecule has 1 amide bonds. The molecule has 0 aromatic rings. The Labute approximate surface area is 127 Å². The van der Waals surface area contributed by atoms with Gasteiger partial charge in [-0.25, -0.2) is 0 Å². The van der Waals surface area contributed by atoms with Gasteiger partial charge in [-0.2, -0.15) is 0 Å². The van der Waals surface area contributed by atoms with Crippen LogP contribution in [-0.2, 0) is 4.79 Å². The molecule has 0 saturated heterocycles. The van der Waals surface area contributed by atoms with Crippen LogP contribution in [0.5, 0.6) is 0 Å². The molecule has 112 valence electrons. The van der Waals surface area contributed by atoms with E-state index < -0.39 is 0 Å². The number of amides is 1. The van der Waals surface area contributed by atoms with E-state index in [1.807, 2.05) is 18.9 Å². The van der Waals surface area contributed by atoms with Gasteiger partial charge in [-0.3, -0.25) is 4.79 Å². The maximum absolute atomic E-state index is 12.9. The Balaban J connectivity index is 1.69. The number of hydrogen-bond acceptors (Lipinski definition) is 2. The van der Waals surface area contributed by atoms with Crippen LogP contribution in [0.1, 0.15) is 45.4 Å². The lowest BCUT2D eigenvalue weighted by molar-refractivity contribution is -0.149. The van der Waals surface area contributed by atoms with Crippen LogP contribution in [0.4, 0.5) is 0 Å². The summed E-state index contributed by atoms with van der Waals surface area (Å²) in [5.41, 5.74) is 5.62. The van der Waals surface area contributed by atoms with Gasteiger partial charge in [0.05, 0.1) is 4.99 Å². The molecule has 0 aromatic carbocycles. The Kier molecular flexibility index (Phi) is 3.78. The van der Waals surface area contributed by atoms with Crippen molar-refractivity contribution < 1.29 is 4.79 Å². The molecule has 0 heterocycles. The van der Waals surface area contributed by atoms with Crippen molar-refractivity contribution in [1.29, 1.82) is 0 Å². The van der Waals surface area contributed by atoms with Crippen molar-refractivity contribution in [2.75, 3.05) is 7.05 Å². The molecule has 0 aliphatic heterocycles. The SMILES string of the molecule is CC(CC(N)=S)N(C)C(=O)C1C2CC3CC(C2)CC1C3. The fourth-order valence-corrected chi connectivity index (χ4v) is 5.45. The molecule has 4 saturated carbocycles. The number of carbonyl (C=O) groups excluding carboxylic acids is 1. The molecule has 3 nitrogen and oxygen atoms in total. The molecule has 0 aromatic heterocycles. The van der Waals surface area contributed by atoms with E-state index in [-0.39, 0.29) is 12.0 Å². The van der Waals surface area contributed by atoms with Crippen molar-refractivity contribution in [2.24, 2.45) is 35.3 Å². The molecule has 0 spiro atoms. The summed E-state index contributed by atoms with van der Waals surface area (Å²) in [6, 6.07) is 0.122. The summed E-state index contributed by atoms with van der Waals surface area (Å²) in [6.07, 6.45) is 7.23. The fraction of sp³-hybridized carbons (Fsp3) is 0.875. The molecule has 1 atom stereocenters. The molecular formula is C16H26N2OS. The van der Waals surface area contributed by atoms with Crippen LogP contribution < -0.4 is 5.73 Å². The van der Waals surface area contributed by atoms with E-state index in [9.17, 15) is 4.79 Å². The molecule has 4 bridgehead atoms. The van der Waals surface area contributed by atoms with Crippen molar-refractivity contribution in [3.63, 3.8) is 0 Å². The molecular weight excluding hydrogens is 268 g/mol. The van der Waals surface area contributed by atoms with E-state index in [1.165, 1.54) is 32.1 Å². The minimum absolute atomic E-state index is 0.122. The predicted octanol–water partition coefficient (Wildman–Crippen LogP) is 2.58. The number of rotatable bonds is 4. The van der Waals surface area contributed by atoms with Gasteiger partial charge in [0.2, 0.25) is 5.91 Å². The zero-order chi connectivity index (χ0) is 14.4. The lowest BCUT2D eigenvalue weighted by atomic mass is 9.51. The Morgan fingerprint density at radius 2 is 1.70 bits per heavy atom. The summed E-state index contributed by atoms with van der Waals surface area (Å²) in [5, 5.41) is 0. The molecule has 4 aliphatic carbocycles. The highest BCUT2D eigenvalue weighted by molar-refractivity contribution is 7.80. The zero-order valence-corrected chi connectivity index (χ0v) is 13.4. The van der Waals surface area contributed by atoms with Gasteiger partial charge in [0, 0.05) is 25.4 Å². The number of thiocarbonyl (C=S) groups is 1. The highest BCUT2D eigenvalue weighted by Gasteiger charge is 2.51. The van der Waals surface area contributed by atoms with E-state index in [0.29, 0.717) is 29.2 Å². The van der Waals surface area contributed by atoms with Gasteiger partial charge in [0.25, 0.3) is 0 Å².